The maximum Gasteiger partial charge on any atom is 0.258 e. The van der Waals surface area contributed by atoms with E-state index >= 15 is 0 Å². The van der Waals surface area contributed by atoms with Gasteiger partial charge in [-0.05, 0) is 37.6 Å². The monoisotopic (exact) mass is 436 g/mol. The molecule has 1 atom stereocenters. The molecule has 7 nitrogen and oxygen atoms in total. The average molecular weight is 437 g/mol. The maximum absolute atomic E-state index is 12.7. The van der Waals surface area contributed by atoms with Gasteiger partial charge in [-0.25, -0.2) is 9.97 Å². The van der Waals surface area contributed by atoms with Crippen molar-refractivity contribution in [2.75, 3.05) is 27.3 Å². The van der Waals surface area contributed by atoms with Crippen LogP contribution in [0.4, 0.5) is 0 Å². The fourth-order valence-electron chi connectivity index (χ4n) is 4.27. The van der Waals surface area contributed by atoms with E-state index in [0.717, 1.165) is 31.4 Å². The lowest BCUT2D eigenvalue weighted by atomic mass is 9.99. The average Bonchev–Trinajstić information content (AvgIpc) is 3.23. The summed E-state index contributed by atoms with van der Waals surface area (Å²) in [6.07, 6.45) is 2.23. The van der Waals surface area contributed by atoms with Crippen molar-refractivity contribution in [2.45, 2.75) is 25.3 Å². The summed E-state index contributed by atoms with van der Waals surface area (Å²) in [5.41, 5.74) is 1.52. The second kappa shape index (κ2) is 8.28. The molecule has 1 unspecified atom stereocenters. The van der Waals surface area contributed by atoms with Crippen LogP contribution >= 0.6 is 11.3 Å². The van der Waals surface area contributed by atoms with Crippen molar-refractivity contribution >= 4 is 32.5 Å². The fraction of sp³-hybridized carbons (Fsp3) is 0.348. The zero-order chi connectivity index (χ0) is 21.4. The number of aromatic amines is 1. The van der Waals surface area contributed by atoms with Gasteiger partial charge in [0.05, 0.1) is 46.9 Å². The molecule has 8 heteroatoms. The smallest absolute Gasteiger partial charge is 0.258 e. The number of methoxy groups -OCH3 is 2. The molecule has 0 amide bonds. The number of aromatic nitrogens is 3. The van der Waals surface area contributed by atoms with Crippen molar-refractivity contribution in [2.24, 2.45) is 0 Å². The Bertz CT molecular complexity index is 1270. The van der Waals surface area contributed by atoms with Gasteiger partial charge in [0.15, 0.2) is 11.5 Å². The van der Waals surface area contributed by atoms with E-state index in [4.69, 9.17) is 19.4 Å². The Labute approximate surface area is 183 Å². The number of H-pyrrole nitrogens is 1. The molecule has 1 aliphatic rings. The SMILES string of the molecule is COc1cc2nc(CN3CCCC(c4nc5ccccc5s4)C3)[nH]c(=O)c2cc1OC. The first-order chi connectivity index (χ1) is 15.1. The minimum atomic E-state index is -0.166. The van der Waals surface area contributed by atoms with Crippen LogP contribution in [0.5, 0.6) is 11.5 Å². The van der Waals surface area contributed by atoms with Crippen LogP contribution in [0.25, 0.3) is 21.1 Å². The highest BCUT2D eigenvalue weighted by Crippen LogP contribution is 2.33. The topological polar surface area (TPSA) is 80.3 Å². The van der Waals surface area contributed by atoms with Gasteiger partial charge in [0, 0.05) is 18.5 Å². The van der Waals surface area contributed by atoms with E-state index in [1.54, 1.807) is 37.7 Å². The highest BCUT2D eigenvalue weighted by Gasteiger charge is 2.25. The summed E-state index contributed by atoms with van der Waals surface area (Å²) < 4.78 is 11.9. The summed E-state index contributed by atoms with van der Waals surface area (Å²) in [6, 6.07) is 11.7. The molecule has 160 valence electrons. The van der Waals surface area contributed by atoms with Gasteiger partial charge in [-0.15, -0.1) is 11.3 Å². The molecule has 31 heavy (non-hydrogen) atoms. The first-order valence-electron chi connectivity index (χ1n) is 10.4. The fourth-order valence-corrected chi connectivity index (χ4v) is 5.36. The van der Waals surface area contributed by atoms with Crippen LogP contribution in [-0.2, 0) is 6.54 Å². The van der Waals surface area contributed by atoms with Crippen molar-refractivity contribution in [1.82, 2.24) is 19.9 Å². The van der Waals surface area contributed by atoms with Gasteiger partial charge in [-0.1, -0.05) is 12.1 Å². The Morgan fingerprint density at radius 2 is 1.94 bits per heavy atom. The molecule has 0 aliphatic carbocycles. The van der Waals surface area contributed by atoms with Gasteiger partial charge >= 0.3 is 0 Å². The van der Waals surface area contributed by atoms with E-state index in [2.05, 4.69) is 28.1 Å². The third kappa shape index (κ3) is 3.88. The predicted octanol–water partition coefficient (Wildman–Crippen LogP) is 3.93. The number of thiazole rings is 1. The predicted molar refractivity (Wildman–Crippen MR) is 122 cm³/mol. The number of likely N-dealkylation sites (tertiary alicyclic amines) is 1. The molecule has 0 radical (unpaired) electrons. The van der Waals surface area contributed by atoms with E-state index in [1.165, 1.54) is 9.71 Å². The molecule has 1 aliphatic heterocycles. The van der Waals surface area contributed by atoms with Crippen LogP contribution in [-0.4, -0.2) is 47.2 Å². The van der Waals surface area contributed by atoms with Gasteiger partial charge in [-0.3, -0.25) is 9.69 Å². The molecule has 0 saturated carbocycles. The third-order valence-electron chi connectivity index (χ3n) is 5.80. The maximum atomic E-state index is 12.7. The highest BCUT2D eigenvalue weighted by molar-refractivity contribution is 7.18. The second-order valence-electron chi connectivity index (χ2n) is 7.83. The zero-order valence-electron chi connectivity index (χ0n) is 17.6. The minimum absolute atomic E-state index is 0.166. The molecule has 0 spiro atoms. The van der Waals surface area contributed by atoms with Gasteiger partial charge in [-0.2, -0.15) is 0 Å². The largest absolute Gasteiger partial charge is 0.493 e. The molecule has 1 saturated heterocycles. The molecular formula is C23H24N4O3S. The Kier molecular flexibility index (Phi) is 5.33. The molecular weight excluding hydrogens is 412 g/mol. The molecule has 3 heterocycles. The molecule has 1 fully saturated rings. The molecule has 5 rings (SSSR count). The lowest BCUT2D eigenvalue weighted by molar-refractivity contribution is 0.196. The number of rotatable bonds is 5. The summed E-state index contributed by atoms with van der Waals surface area (Å²) in [5.74, 6) is 2.15. The number of nitrogens with zero attached hydrogens (tertiary/aromatic N) is 3. The summed E-state index contributed by atoms with van der Waals surface area (Å²) in [5, 5.41) is 1.69. The first kappa shape index (κ1) is 20.0. The third-order valence-corrected chi connectivity index (χ3v) is 7.00. The molecule has 1 N–H and O–H groups in total. The van der Waals surface area contributed by atoms with Gasteiger partial charge in [0.25, 0.3) is 5.56 Å². The minimum Gasteiger partial charge on any atom is -0.493 e. The number of nitrogens with one attached hydrogen (secondary N) is 1. The van der Waals surface area contributed by atoms with Crippen LogP contribution < -0.4 is 15.0 Å². The van der Waals surface area contributed by atoms with Crippen molar-refractivity contribution in [3.8, 4) is 11.5 Å². The van der Waals surface area contributed by atoms with E-state index in [9.17, 15) is 4.79 Å². The normalized spacial score (nSPS) is 17.3. The number of piperidine rings is 1. The van der Waals surface area contributed by atoms with Gasteiger partial charge in [0.2, 0.25) is 0 Å². The Balaban J connectivity index is 1.39. The number of para-hydroxylation sites is 1. The summed E-state index contributed by atoms with van der Waals surface area (Å²) >= 11 is 1.79. The molecule has 2 aromatic heterocycles. The lowest BCUT2D eigenvalue weighted by Crippen LogP contribution is -2.35. The molecule has 2 aromatic carbocycles. The second-order valence-corrected chi connectivity index (χ2v) is 8.89. The first-order valence-corrected chi connectivity index (χ1v) is 11.2. The van der Waals surface area contributed by atoms with Crippen LogP contribution in [0.15, 0.2) is 41.2 Å². The molecule has 0 bridgehead atoms. The number of hydrogen-bond acceptors (Lipinski definition) is 7. The summed E-state index contributed by atoms with van der Waals surface area (Å²) in [6.45, 7) is 2.49. The van der Waals surface area contributed by atoms with E-state index < -0.39 is 0 Å². The van der Waals surface area contributed by atoms with Crippen LogP contribution in [0.2, 0.25) is 0 Å². The highest BCUT2D eigenvalue weighted by atomic mass is 32.1. The van der Waals surface area contributed by atoms with E-state index in [0.29, 0.717) is 40.7 Å². The molecule has 4 aromatic rings. The van der Waals surface area contributed by atoms with Crippen LogP contribution in [0.1, 0.15) is 29.6 Å². The lowest BCUT2D eigenvalue weighted by Gasteiger charge is -2.31. The van der Waals surface area contributed by atoms with Crippen LogP contribution in [0, 0.1) is 0 Å². The number of hydrogen-bond donors (Lipinski definition) is 1. The summed E-state index contributed by atoms with van der Waals surface area (Å²) in [7, 11) is 3.13. The Hall–Kier alpha value is -2.97. The van der Waals surface area contributed by atoms with E-state index in [-0.39, 0.29) is 5.56 Å². The number of ether oxygens (including phenoxy) is 2. The van der Waals surface area contributed by atoms with Gasteiger partial charge < -0.3 is 14.5 Å². The quantitative estimate of drug-likeness (QED) is 0.511. The Morgan fingerprint density at radius 3 is 2.74 bits per heavy atom. The van der Waals surface area contributed by atoms with Gasteiger partial charge in [0.1, 0.15) is 5.82 Å². The van der Waals surface area contributed by atoms with Crippen molar-refractivity contribution in [3.05, 3.63) is 57.6 Å². The summed E-state index contributed by atoms with van der Waals surface area (Å²) in [4.78, 5) is 27.5. The number of fused-ring (bicyclic) bond motifs is 2. The van der Waals surface area contributed by atoms with Crippen molar-refractivity contribution < 1.29 is 9.47 Å². The van der Waals surface area contributed by atoms with Crippen LogP contribution in [0.3, 0.4) is 0 Å². The number of benzene rings is 2. The van der Waals surface area contributed by atoms with Crippen molar-refractivity contribution in [3.63, 3.8) is 0 Å². The van der Waals surface area contributed by atoms with E-state index in [1.807, 2.05) is 6.07 Å². The zero-order valence-corrected chi connectivity index (χ0v) is 18.4. The standard InChI is InChI=1S/C23H24N4O3S/c1-29-18-10-15-17(11-19(18)30-2)24-21(26-22(15)28)13-27-9-5-6-14(12-27)23-25-16-7-3-4-8-20(16)31-23/h3-4,7-8,10-11,14H,5-6,9,12-13H2,1-2H3,(H,24,26,28). The van der Waals surface area contributed by atoms with Crippen molar-refractivity contribution in [1.29, 1.82) is 0 Å². The Morgan fingerprint density at radius 1 is 1.13 bits per heavy atom.